The second-order valence-corrected chi connectivity index (χ2v) is 8.13. The molecule has 160 valence electrons. The first-order chi connectivity index (χ1) is 13.3. The van der Waals surface area contributed by atoms with Gasteiger partial charge in [0.2, 0.25) is 0 Å². The van der Waals surface area contributed by atoms with Crippen molar-refractivity contribution in [3.8, 4) is 0 Å². The third-order valence-electron chi connectivity index (χ3n) is 4.91. The average molecular weight is 456 g/mol. The van der Waals surface area contributed by atoms with Gasteiger partial charge < -0.3 is 10.6 Å². The molecule has 2 N–H and O–H groups in total. The van der Waals surface area contributed by atoms with E-state index in [9.17, 15) is 4.79 Å². The molecule has 0 bridgehead atoms. The summed E-state index contributed by atoms with van der Waals surface area (Å²) in [4.78, 5) is 17.3. The van der Waals surface area contributed by atoms with Crippen LogP contribution in [0.1, 0.15) is 21.5 Å². The number of benzene rings is 2. The van der Waals surface area contributed by atoms with Crippen LogP contribution in [0, 0.1) is 0 Å². The second kappa shape index (κ2) is 13.9. The van der Waals surface area contributed by atoms with Crippen molar-refractivity contribution in [3.05, 3.63) is 71.3 Å². The average Bonchev–Trinajstić information content (AvgIpc) is 2.73. The van der Waals surface area contributed by atoms with Crippen LogP contribution in [0.2, 0.25) is 0 Å². The molecule has 0 saturated carbocycles. The summed E-state index contributed by atoms with van der Waals surface area (Å²) in [6.07, 6.45) is 0.845. The molecule has 0 spiro atoms. The molecule has 4 nitrogen and oxygen atoms in total. The second-order valence-electron chi connectivity index (χ2n) is 6.90. The number of rotatable bonds is 8. The summed E-state index contributed by atoms with van der Waals surface area (Å²) in [7, 11) is 0. The summed E-state index contributed by atoms with van der Waals surface area (Å²) < 4.78 is 0. The van der Waals surface area contributed by atoms with Crippen LogP contribution in [0.5, 0.6) is 0 Å². The largest absolute Gasteiger partial charge is 0.337 e. The molecule has 1 heterocycles. The molecule has 0 atom stereocenters. The van der Waals surface area contributed by atoms with Gasteiger partial charge in [0.25, 0.3) is 5.91 Å². The van der Waals surface area contributed by atoms with Crippen molar-refractivity contribution >= 4 is 42.5 Å². The van der Waals surface area contributed by atoms with E-state index < -0.39 is 0 Å². The van der Waals surface area contributed by atoms with E-state index in [1.54, 1.807) is 0 Å². The fraction of sp³-hybridized carbons (Fsp3) is 0.409. The molecule has 1 fully saturated rings. The SMILES string of the molecule is Cl.Cl.NCCN(CCc1ccccc1)C(=O)c1ccc(CN2CCSCC2)cc1. The van der Waals surface area contributed by atoms with Crippen LogP contribution in [0.15, 0.2) is 54.6 Å². The Morgan fingerprint density at radius 1 is 0.931 bits per heavy atom. The van der Waals surface area contributed by atoms with E-state index in [4.69, 9.17) is 5.73 Å². The number of carbonyl (C=O) groups is 1. The van der Waals surface area contributed by atoms with Gasteiger partial charge in [-0.3, -0.25) is 9.69 Å². The van der Waals surface area contributed by atoms with Gasteiger partial charge >= 0.3 is 0 Å². The highest BCUT2D eigenvalue weighted by Gasteiger charge is 2.16. The Kier molecular flexibility index (Phi) is 12.4. The smallest absolute Gasteiger partial charge is 0.253 e. The van der Waals surface area contributed by atoms with E-state index in [2.05, 4.69) is 29.2 Å². The topological polar surface area (TPSA) is 49.6 Å². The summed E-state index contributed by atoms with van der Waals surface area (Å²) in [5.41, 5.74) is 9.00. The van der Waals surface area contributed by atoms with Gasteiger partial charge in [0.15, 0.2) is 0 Å². The monoisotopic (exact) mass is 455 g/mol. The van der Waals surface area contributed by atoms with E-state index in [1.165, 1.54) is 22.6 Å². The zero-order chi connectivity index (χ0) is 18.9. The minimum atomic E-state index is 0. The Morgan fingerprint density at radius 2 is 1.59 bits per heavy atom. The van der Waals surface area contributed by atoms with Crippen LogP contribution in [0.25, 0.3) is 0 Å². The third kappa shape index (κ3) is 8.19. The molecule has 3 rings (SSSR count). The first-order valence-corrected chi connectivity index (χ1v) is 10.8. The van der Waals surface area contributed by atoms with Crippen LogP contribution < -0.4 is 5.73 Å². The molecule has 0 aliphatic carbocycles. The molecule has 1 saturated heterocycles. The van der Waals surface area contributed by atoms with Gasteiger partial charge in [0.05, 0.1) is 0 Å². The maximum atomic E-state index is 12.9. The normalized spacial score (nSPS) is 13.8. The van der Waals surface area contributed by atoms with Crippen LogP contribution in [-0.4, -0.2) is 59.9 Å². The number of hydrogen-bond donors (Lipinski definition) is 1. The van der Waals surface area contributed by atoms with Crippen LogP contribution in [-0.2, 0) is 13.0 Å². The summed E-state index contributed by atoms with van der Waals surface area (Å²) in [6, 6.07) is 18.4. The van der Waals surface area contributed by atoms with Crippen molar-refractivity contribution in [1.29, 1.82) is 0 Å². The van der Waals surface area contributed by atoms with Crippen molar-refractivity contribution in [3.63, 3.8) is 0 Å². The summed E-state index contributed by atoms with van der Waals surface area (Å²) >= 11 is 2.02. The molecule has 2 aromatic rings. The number of nitrogens with zero attached hydrogens (tertiary/aromatic N) is 2. The van der Waals surface area contributed by atoms with Crippen molar-refractivity contribution in [2.75, 3.05) is 44.2 Å². The Balaban J connectivity index is 0.00000210. The predicted molar refractivity (Wildman–Crippen MR) is 129 cm³/mol. The first-order valence-electron chi connectivity index (χ1n) is 9.68. The minimum Gasteiger partial charge on any atom is -0.337 e. The maximum absolute atomic E-state index is 12.9. The number of hydrogen-bond acceptors (Lipinski definition) is 4. The van der Waals surface area contributed by atoms with Gasteiger partial charge in [-0.05, 0) is 29.7 Å². The molecule has 0 unspecified atom stereocenters. The lowest BCUT2D eigenvalue weighted by molar-refractivity contribution is 0.0762. The molecular weight excluding hydrogens is 425 g/mol. The molecule has 2 aromatic carbocycles. The number of nitrogens with two attached hydrogens (primary N) is 1. The quantitative estimate of drug-likeness (QED) is 0.658. The summed E-state index contributed by atoms with van der Waals surface area (Å²) in [5, 5.41) is 0. The zero-order valence-corrected chi connectivity index (χ0v) is 19.1. The van der Waals surface area contributed by atoms with Gasteiger partial charge in [0.1, 0.15) is 0 Å². The van der Waals surface area contributed by atoms with E-state index >= 15 is 0 Å². The van der Waals surface area contributed by atoms with Crippen molar-refractivity contribution in [2.24, 2.45) is 5.73 Å². The summed E-state index contributed by atoms with van der Waals surface area (Å²) in [5.74, 6) is 2.50. The number of carbonyl (C=O) groups excluding carboxylic acids is 1. The van der Waals surface area contributed by atoms with Crippen LogP contribution >= 0.6 is 36.6 Å². The van der Waals surface area contributed by atoms with Crippen molar-refractivity contribution in [2.45, 2.75) is 13.0 Å². The zero-order valence-electron chi connectivity index (χ0n) is 16.7. The number of halogens is 2. The van der Waals surface area contributed by atoms with Crippen molar-refractivity contribution < 1.29 is 4.79 Å². The molecule has 1 aliphatic heterocycles. The number of amides is 1. The highest BCUT2D eigenvalue weighted by molar-refractivity contribution is 7.99. The highest BCUT2D eigenvalue weighted by atomic mass is 35.5. The number of thioether (sulfide) groups is 1. The minimum absolute atomic E-state index is 0. The van der Waals surface area contributed by atoms with Gasteiger partial charge in [-0.15, -0.1) is 24.8 Å². The molecule has 1 aliphatic rings. The molecule has 29 heavy (non-hydrogen) atoms. The van der Waals surface area contributed by atoms with E-state index in [0.29, 0.717) is 19.6 Å². The van der Waals surface area contributed by atoms with Crippen LogP contribution in [0.3, 0.4) is 0 Å². The third-order valence-corrected chi connectivity index (χ3v) is 5.85. The lowest BCUT2D eigenvalue weighted by Gasteiger charge is -2.26. The Hall–Kier alpha value is -1.24. The van der Waals surface area contributed by atoms with Crippen LogP contribution in [0.4, 0.5) is 0 Å². The fourth-order valence-corrected chi connectivity index (χ4v) is 4.31. The van der Waals surface area contributed by atoms with Gasteiger partial charge in [-0.1, -0.05) is 42.5 Å². The lowest BCUT2D eigenvalue weighted by Crippen LogP contribution is -2.37. The molecular formula is C22H31Cl2N3OS. The van der Waals surface area contributed by atoms with E-state index in [0.717, 1.165) is 31.6 Å². The lowest BCUT2D eigenvalue weighted by atomic mass is 10.1. The highest BCUT2D eigenvalue weighted by Crippen LogP contribution is 2.14. The van der Waals surface area contributed by atoms with Gasteiger partial charge in [-0.2, -0.15) is 11.8 Å². The predicted octanol–water partition coefficient (Wildman–Crippen LogP) is 3.72. The molecule has 1 amide bonds. The Morgan fingerprint density at radius 3 is 2.21 bits per heavy atom. The molecule has 0 radical (unpaired) electrons. The first kappa shape index (κ1) is 25.8. The summed E-state index contributed by atoms with van der Waals surface area (Å²) in [6.45, 7) is 5.01. The van der Waals surface area contributed by atoms with E-state index in [-0.39, 0.29) is 30.7 Å². The van der Waals surface area contributed by atoms with E-state index in [1.807, 2.05) is 47.0 Å². The van der Waals surface area contributed by atoms with Gasteiger partial charge in [0, 0.05) is 56.3 Å². The maximum Gasteiger partial charge on any atom is 0.253 e. The molecule has 0 aromatic heterocycles. The standard InChI is InChI=1S/C22H29N3OS.2ClH/c23-11-13-25(12-10-19-4-2-1-3-5-19)22(26)21-8-6-20(7-9-21)18-24-14-16-27-17-15-24;;/h1-9H,10-18,23H2;2*1H. The van der Waals surface area contributed by atoms with Gasteiger partial charge in [-0.25, -0.2) is 0 Å². The fourth-order valence-electron chi connectivity index (χ4n) is 3.33. The Bertz CT molecular complexity index is 710. The molecule has 7 heteroatoms. The van der Waals surface area contributed by atoms with Crippen molar-refractivity contribution in [1.82, 2.24) is 9.80 Å². The Labute approximate surface area is 191 Å².